The molecule has 0 bridgehead atoms. The summed E-state index contributed by atoms with van der Waals surface area (Å²) < 4.78 is 10.5. The average molecular weight is 363 g/mol. The highest BCUT2D eigenvalue weighted by molar-refractivity contribution is 5.89. The minimum absolute atomic E-state index is 0.392. The summed E-state index contributed by atoms with van der Waals surface area (Å²) in [5.41, 5.74) is 4.27. The van der Waals surface area contributed by atoms with Crippen molar-refractivity contribution >= 4 is 17.3 Å². The SMILES string of the molecule is COC(=O)c1cccc(CNc2cc(Oc3ccccc3)ccc2N[O-])c1. The molecule has 0 radical (unpaired) electrons. The summed E-state index contributed by atoms with van der Waals surface area (Å²) in [7, 11) is 1.34. The largest absolute Gasteiger partial charge is 0.761 e. The van der Waals surface area contributed by atoms with Gasteiger partial charge < -0.3 is 25.5 Å². The summed E-state index contributed by atoms with van der Waals surface area (Å²) in [6.07, 6.45) is 0. The van der Waals surface area contributed by atoms with Crippen LogP contribution in [-0.4, -0.2) is 13.1 Å². The normalized spacial score (nSPS) is 10.1. The predicted octanol–water partition coefficient (Wildman–Crippen LogP) is 4.79. The van der Waals surface area contributed by atoms with Gasteiger partial charge in [-0.1, -0.05) is 30.3 Å². The number of esters is 1. The minimum atomic E-state index is -0.392. The number of methoxy groups -OCH3 is 1. The topological polar surface area (TPSA) is 82.7 Å². The molecule has 0 aliphatic rings. The summed E-state index contributed by atoms with van der Waals surface area (Å²) in [4.78, 5) is 11.6. The number of hydrogen-bond donors (Lipinski definition) is 2. The standard InChI is InChI=1S/C21H19N2O4/c1-26-21(24)16-7-5-6-15(12-16)14-22-20-13-18(10-11-19(20)23-25)27-17-8-3-2-4-9-17/h2-13,22-23H,14H2,1H3/q-1. The van der Waals surface area contributed by atoms with E-state index < -0.39 is 5.97 Å². The highest BCUT2D eigenvalue weighted by Gasteiger charge is 2.07. The van der Waals surface area contributed by atoms with Gasteiger partial charge in [-0.2, -0.15) is 0 Å². The van der Waals surface area contributed by atoms with Crippen molar-refractivity contribution in [1.29, 1.82) is 0 Å². The maximum atomic E-state index is 11.6. The van der Waals surface area contributed by atoms with Crippen LogP contribution in [0.2, 0.25) is 0 Å². The Bertz CT molecular complexity index is 913. The number of benzene rings is 3. The van der Waals surface area contributed by atoms with E-state index in [2.05, 4.69) is 5.32 Å². The predicted molar refractivity (Wildman–Crippen MR) is 105 cm³/mol. The molecule has 0 aliphatic carbocycles. The first-order valence-electron chi connectivity index (χ1n) is 8.36. The van der Waals surface area contributed by atoms with Gasteiger partial charge in [-0.15, -0.1) is 0 Å². The Kier molecular flexibility index (Phi) is 5.91. The van der Waals surface area contributed by atoms with Gasteiger partial charge >= 0.3 is 5.97 Å². The first kappa shape index (κ1) is 18.3. The Hall–Kier alpha value is -3.51. The molecule has 3 aromatic rings. The van der Waals surface area contributed by atoms with Crippen LogP contribution in [0.4, 0.5) is 11.4 Å². The maximum Gasteiger partial charge on any atom is 0.337 e. The molecule has 0 saturated heterocycles. The monoisotopic (exact) mass is 363 g/mol. The van der Waals surface area contributed by atoms with E-state index in [9.17, 15) is 10.0 Å². The van der Waals surface area contributed by atoms with Crippen molar-refractivity contribution in [3.63, 3.8) is 0 Å². The molecule has 0 aliphatic heterocycles. The molecule has 27 heavy (non-hydrogen) atoms. The molecular formula is C21H19N2O4-. The lowest BCUT2D eigenvalue weighted by atomic mass is 10.1. The molecule has 0 spiro atoms. The van der Waals surface area contributed by atoms with Gasteiger partial charge in [0.05, 0.1) is 18.4 Å². The highest BCUT2D eigenvalue weighted by Crippen LogP contribution is 2.30. The molecule has 0 amide bonds. The van der Waals surface area contributed by atoms with Crippen molar-refractivity contribution < 1.29 is 14.3 Å². The number of rotatable bonds is 7. The van der Waals surface area contributed by atoms with Crippen LogP contribution in [0.3, 0.4) is 0 Å². The fraction of sp³-hybridized carbons (Fsp3) is 0.0952. The van der Waals surface area contributed by atoms with Crippen molar-refractivity contribution in [2.45, 2.75) is 6.54 Å². The lowest BCUT2D eigenvalue weighted by Crippen LogP contribution is -2.05. The zero-order chi connectivity index (χ0) is 19.1. The van der Waals surface area contributed by atoms with Crippen LogP contribution in [0.15, 0.2) is 72.8 Å². The average Bonchev–Trinajstić information content (AvgIpc) is 2.72. The lowest BCUT2D eigenvalue weighted by molar-refractivity contribution is 0.0600. The van der Waals surface area contributed by atoms with E-state index in [1.807, 2.05) is 41.9 Å². The molecule has 0 fully saturated rings. The van der Waals surface area contributed by atoms with Crippen LogP contribution in [0.1, 0.15) is 15.9 Å². The fourth-order valence-electron chi connectivity index (χ4n) is 2.57. The number of anilines is 2. The zero-order valence-corrected chi connectivity index (χ0v) is 14.8. The Labute approximate surface area is 157 Å². The molecule has 2 N–H and O–H groups in total. The van der Waals surface area contributed by atoms with Crippen LogP contribution >= 0.6 is 0 Å². The zero-order valence-electron chi connectivity index (χ0n) is 14.8. The fourth-order valence-corrected chi connectivity index (χ4v) is 2.57. The van der Waals surface area contributed by atoms with Crippen LogP contribution in [0, 0.1) is 5.21 Å². The second-order valence-electron chi connectivity index (χ2n) is 5.77. The number of hydrogen-bond acceptors (Lipinski definition) is 6. The Morgan fingerprint density at radius 3 is 2.48 bits per heavy atom. The molecule has 0 atom stereocenters. The van der Waals surface area contributed by atoms with Gasteiger partial charge in [0, 0.05) is 18.3 Å². The van der Waals surface area contributed by atoms with Crippen molar-refractivity contribution in [1.82, 2.24) is 0 Å². The Balaban J connectivity index is 1.75. The van der Waals surface area contributed by atoms with Gasteiger partial charge in [0.2, 0.25) is 0 Å². The number of carbonyl (C=O) groups is 1. The molecule has 0 aromatic heterocycles. The van der Waals surface area contributed by atoms with E-state index in [1.165, 1.54) is 7.11 Å². The summed E-state index contributed by atoms with van der Waals surface area (Å²) >= 11 is 0. The van der Waals surface area contributed by atoms with Crippen LogP contribution in [-0.2, 0) is 11.3 Å². The van der Waals surface area contributed by atoms with Gasteiger partial charge in [0.1, 0.15) is 11.5 Å². The van der Waals surface area contributed by atoms with Crippen LogP contribution in [0.25, 0.3) is 0 Å². The summed E-state index contributed by atoms with van der Waals surface area (Å²) in [6, 6.07) is 21.6. The van der Waals surface area contributed by atoms with Crippen molar-refractivity contribution in [3.8, 4) is 11.5 Å². The van der Waals surface area contributed by atoms with Gasteiger partial charge in [-0.05, 0) is 42.0 Å². The van der Waals surface area contributed by atoms with E-state index in [-0.39, 0.29) is 0 Å². The Morgan fingerprint density at radius 1 is 0.926 bits per heavy atom. The van der Waals surface area contributed by atoms with Crippen molar-refractivity contribution in [3.05, 3.63) is 89.1 Å². The molecule has 3 aromatic carbocycles. The smallest absolute Gasteiger partial charge is 0.337 e. The van der Waals surface area contributed by atoms with Crippen LogP contribution in [0.5, 0.6) is 11.5 Å². The third kappa shape index (κ3) is 4.77. The van der Waals surface area contributed by atoms with Gasteiger partial charge in [0.25, 0.3) is 0 Å². The van der Waals surface area contributed by atoms with E-state index in [1.54, 1.807) is 36.4 Å². The molecular weight excluding hydrogens is 344 g/mol. The van der Waals surface area contributed by atoms with E-state index in [4.69, 9.17) is 9.47 Å². The third-order valence-electron chi connectivity index (χ3n) is 3.91. The third-order valence-corrected chi connectivity index (χ3v) is 3.91. The number of nitrogens with one attached hydrogen (secondary N) is 2. The molecule has 6 nitrogen and oxygen atoms in total. The molecule has 0 unspecified atom stereocenters. The number of para-hydroxylation sites is 1. The van der Waals surface area contributed by atoms with Crippen molar-refractivity contribution in [2.75, 3.05) is 17.9 Å². The summed E-state index contributed by atoms with van der Waals surface area (Å²) in [6.45, 7) is 0.425. The number of ether oxygens (including phenoxy) is 2. The van der Waals surface area contributed by atoms with Gasteiger partial charge in [-0.25, -0.2) is 4.79 Å². The van der Waals surface area contributed by atoms with E-state index >= 15 is 0 Å². The quantitative estimate of drug-likeness (QED) is 0.464. The first-order chi connectivity index (χ1) is 13.2. The van der Waals surface area contributed by atoms with Gasteiger partial charge in [-0.3, -0.25) is 0 Å². The van der Waals surface area contributed by atoms with E-state index in [0.29, 0.717) is 35.0 Å². The lowest BCUT2D eigenvalue weighted by Gasteiger charge is -2.18. The summed E-state index contributed by atoms with van der Waals surface area (Å²) in [5, 5.41) is 14.4. The molecule has 138 valence electrons. The first-order valence-corrected chi connectivity index (χ1v) is 8.36. The van der Waals surface area contributed by atoms with Crippen LogP contribution < -0.4 is 15.5 Å². The van der Waals surface area contributed by atoms with E-state index in [0.717, 1.165) is 5.56 Å². The Morgan fingerprint density at radius 2 is 1.74 bits per heavy atom. The molecule has 0 heterocycles. The maximum absolute atomic E-state index is 11.6. The second kappa shape index (κ2) is 8.73. The number of carbonyl (C=O) groups excluding carboxylic acids is 1. The molecule has 6 heteroatoms. The molecule has 0 saturated carbocycles. The van der Waals surface area contributed by atoms with Crippen molar-refractivity contribution in [2.24, 2.45) is 0 Å². The molecule has 3 rings (SSSR count). The minimum Gasteiger partial charge on any atom is -0.761 e. The summed E-state index contributed by atoms with van der Waals surface area (Å²) in [5.74, 6) is 0.917. The van der Waals surface area contributed by atoms with Gasteiger partial charge in [0.15, 0.2) is 0 Å². The second-order valence-corrected chi connectivity index (χ2v) is 5.77. The highest BCUT2D eigenvalue weighted by atomic mass is 16.5.